The van der Waals surface area contributed by atoms with E-state index in [1.807, 2.05) is 30.3 Å². The van der Waals surface area contributed by atoms with Crippen molar-refractivity contribution in [3.8, 4) is 5.75 Å². The van der Waals surface area contributed by atoms with Crippen LogP contribution in [0.2, 0.25) is 0 Å². The predicted molar refractivity (Wildman–Crippen MR) is 108 cm³/mol. The zero-order valence-corrected chi connectivity index (χ0v) is 16.2. The number of nitrogen functional groups attached to an aromatic ring is 2. The Morgan fingerprint density at radius 1 is 1.00 bits per heavy atom. The maximum atomic E-state index is 6.21. The Labute approximate surface area is 159 Å². The van der Waals surface area contributed by atoms with Crippen molar-refractivity contribution in [1.29, 1.82) is 0 Å². The van der Waals surface area contributed by atoms with E-state index in [-0.39, 0.29) is 6.10 Å². The largest absolute Gasteiger partial charge is 0.489 e. The lowest BCUT2D eigenvalue weighted by Gasteiger charge is -2.35. The number of hydrogen-bond acceptors (Lipinski definition) is 6. The molecular formula is C20H27N3O2S. The summed E-state index contributed by atoms with van der Waals surface area (Å²) in [5.41, 5.74) is 12.9. The Hall–Kier alpha value is -1.89. The summed E-state index contributed by atoms with van der Waals surface area (Å²) in [6, 6.07) is 14.2. The monoisotopic (exact) mass is 373 g/mol. The van der Waals surface area contributed by atoms with Crippen LogP contribution in [0.25, 0.3) is 0 Å². The van der Waals surface area contributed by atoms with Gasteiger partial charge in [0.05, 0.1) is 24.6 Å². The molecule has 2 unspecified atom stereocenters. The number of benzene rings is 2. The van der Waals surface area contributed by atoms with Gasteiger partial charge in [-0.1, -0.05) is 17.8 Å². The van der Waals surface area contributed by atoms with Crippen LogP contribution in [-0.4, -0.2) is 43.3 Å². The Morgan fingerprint density at radius 2 is 1.73 bits per heavy atom. The number of nitrogens with two attached hydrogens (primary N) is 2. The number of rotatable bonds is 6. The topological polar surface area (TPSA) is 73.7 Å². The molecule has 2 aromatic rings. The van der Waals surface area contributed by atoms with Gasteiger partial charge in [0.2, 0.25) is 0 Å². The second-order valence-electron chi connectivity index (χ2n) is 6.58. The Morgan fingerprint density at radius 3 is 2.46 bits per heavy atom. The van der Waals surface area contributed by atoms with Crippen LogP contribution in [0, 0.1) is 0 Å². The van der Waals surface area contributed by atoms with Crippen LogP contribution in [-0.2, 0) is 4.74 Å². The van der Waals surface area contributed by atoms with E-state index in [1.54, 1.807) is 11.8 Å². The average molecular weight is 374 g/mol. The molecule has 2 aromatic carbocycles. The van der Waals surface area contributed by atoms with E-state index >= 15 is 0 Å². The summed E-state index contributed by atoms with van der Waals surface area (Å²) in [7, 11) is 0. The maximum absolute atomic E-state index is 6.21. The van der Waals surface area contributed by atoms with Gasteiger partial charge >= 0.3 is 0 Å². The van der Waals surface area contributed by atoms with Gasteiger partial charge in [-0.15, -0.1) is 0 Å². The highest BCUT2D eigenvalue weighted by molar-refractivity contribution is 7.99. The highest BCUT2D eigenvalue weighted by Crippen LogP contribution is 2.32. The summed E-state index contributed by atoms with van der Waals surface area (Å²) in [5, 5.41) is 0. The molecule has 1 saturated heterocycles. The molecule has 5 nitrogen and oxygen atoms in total. The van der Waals surface area contributed by atoms with Gasteiger partial charge < -0.3 is 20.9 Å². The fourth-order valence-electron chi connectivity index (χ4n) is 2.96. The molecular weight excluding hydrogens is 346 g/mol. The summed E-state index contributed by atoms with van der Waals surface area (Å²) in [6.07, 6.45) is 0.0977. The Balaban J connectivity index is 1.63. The number of nitrogens with zero attached hydrogens (tertiary/aromatic N) is 1. The van der Waals surface area contributed by atoms with Crippen molar-refractivity contribution in [2.45, 2.75) is 35.8 Å². The third-order valence-corrected chi connectivity index (χ3v) is 5.70. The zero-order valence-electron chi connectivity index (χ0n) is 15.4. The molecule has 4 N–H and O–H groups in total. The molecule has 1 fully saturated rings. The molecule has 0 radical (unpaired) electrons. The molecule has 0 aliphatic carbocycles. The third-order valence-electron chi connectivity index (χ3n) is 4.72. The second-order valence-corrected chi connectivity index (χ2v) is 7.73. The quantitative estimate of drug-likeness (QED) is 0.755. The highest BCUT2D eigenvalue weighted by atomic mass is 32.2. The SMILES string of the molecule is CC(Oc1cccc(Sc2ccc(N)c(N)c2)c1)C(C)N1CCOCC1. The van der Waals surface area contributed by atoms with Gasteiger partial charge in [-0.05, 0) is 50.2 Å². The lowest BCUT2D eigenvalue weighted by molar-refractivity contribution is -0.00566. The minimum Gasteiger partial charge on any atom is -0.489 e. The van der Waals surface area contributed by atoms with E-state index in [0.29, 0.717) is 17.4 Å². The number of anilines is 2. The summed E-state index contributed by atoms with van der Waals surface area (Å²) in [5.74, 6) is 0.881. The summed E-state index contributed by atoms with van der Waals surface area (Å²) in [4.78, 5) is 4.59. The normalized spacial score (nSPS) is 17.6. The van der Waals surface area contributed by atoms with Gasteiger partial charge in [-0.2, -0.15) is 0 Å². The molecule has 0 saturated carbocycles. The van der Waals surface area contributed by atoms with E-state index in [4.69, 9.17) is 20.9 Å². The Kier molecular flexibility index (Phi) is 6.29. The van der Waals surface area contributed by atoms with E-state index in [0.717, 1.165) is 41.8 Å². The van der Waals surface area contributed by atoms with E-state index in [1.165, 1.54) is 0 Å². The summed E-state index contributed by atoms with van der Waals surface area (Å²) in [6.45, 7) is 7.86. The number of ether oxygens (including phenoxy) is 2. The lowest BCUT2D eigenvalue weighted by Crippen LogP contribution is -2.48. The first-order valence-electron chi connectivity index (χ1n) is 8.94. The molecule has 2 atom stereocenters. The summed E-state index contributed by atoms with van der Waals surface area (Å²) >= 11 is 1.65. The van der Waals surface area contributed by atoms with Crippen LogP contribution in [0.1, 0.15) is 13.8 Å². The third kappa shape index (κ3) is 4.84. The van der Waals surface area contributed by atoms with Crippen molar-refractivity contribution in [2.75, 3.05) is 37.8 Å². The molecule has 0 spiro atoms. The molecule has 0 amide bonds. The number of morpholine rings is 1. The first-order chi connectivity index (χ1) is 12.5. The Bertz CT molecular complexity index is 735. The second kappa shape index (κ2) is 8.66. The zero-order chi connectivity index (χ0) is 18.5. The van der Waals surface area contributed by atoms with Gasteiger partial charge in [0.25, 0.3) is 0 Å². The fourth-order valence-corrected chi connectivity index (χ4v) is 3.87. The molecule has 26 heavy (non-hydrogen) atoms. The molecule has 6 heteroatoms. The minimum absolute atomic E-state index is 0.0977. The first-order valence-corrected chi connectivity index (χ1v) is 9.76. The van der Waals surface area contributed by atoms with E-state index in [9.17, 15) is 0 Å². The van der Waals surface area contributed by atoms with Gasteiger partial charge in [-0.3, -0.25) is 4.90 Å². The lowest BCUT2D eigenvalue weighted by atomic mass is 10.1. The van der Waals surface area contributed by atoms with Crippen LogP contribution < -0.4 is 16.2 Å². The molecule has 3 rings (SSSR count). The van der Waals surface area contributed by atoms with Gasteiger partial charge in [0, 0.05) is 28.9 Å². The van der Waals surface area contributed by atoms with Gasteiger partial charge in [0.1, 0.15) is 11.9 Å². The summed E-state index contributed by atoms with van der Waals surface area (Å²) < 4.78 is 11.6. The molecule has 0 bridgehead atoms. The molecule has 1 aliphatic heterocycles. The van der Waals surface area contributed by atoms with Crippen molar-refractivity contribution in [3.05, 3.63) is 42.5 Å². The van der Waals surface area contributed by atoms with Gasteiger partial charge in [0.15, 0.2) is 0 Å². The predicted octanol–water partition coefficient (Wildman–Crippen LogP) is 3.49. The van der Waals surface area contributed by atoms with Crippen LogP contribution in [0.4, 0.5) is 11.4 Å². The van der Waals surface area contributed by atoms with E-state index < -0.39 is 0 Å². The highest BCUT2D eigenvalue weighted by Gasteiger charge is 2.23. The van der Waals surface area contributed by atoms with Crippen LogP contribution >= 0.6 is 11.8 Å². The minimum atomic E-state index is 0.0977. The molecule has 1 heterocycles. The van der Waals surface area contributed by atoms with Crippen molar-refractivity contribution in [2.24, 2.45) is 0 Å². The molecule has 140 valence electrons. The fraction of sp³-hybridized carbons (Fsp3) is 0.400. The molecule has 0 aromatic heterocycles. The van der Waals surface area contributed by atoms with Crippen LogP contribution in [0.5, 0.6) is 5.75 Å². The standard InChI is InChI=1S/C20H27N3O2S/c1-14(23-8-10-24-11-9-23)15(2)25-16-4-3-5-17(12-16)26-18-6-7-19(21)20(22)13-18/h3-7,12-15H,8-11,21-22H2,1-2H3. The molecule has 1 aliphatic rings. The van der Waals surface area contributed by atoms with Gasteiger partial charge in [-0.25, -0.2) is 0 Å². The van der Waals surface area contributed by atoms with E-state index in [2.05, 4.69) is 30.9 Å². The maximum Gasteiger partial charge on any atom is 0.120 e. The van der Waals surface area contributed by atoms with Crippen molar-refractivity contribution < 1.29 is 9.47 Å². The smallest absolute Gasteiger partial charge is 0.120 e. The number of hydrogen-bond donors (Lipinski definition) is 2. The van der Waals surface area contributed by atoms with Crippen molar-refractivity contribution in [3.63, 3.8) is 0 Å². The van der Waals surface area contributed by atoms with Crippen molar-refractivity contribution in [1.82, 2.24) is 4.90 Å². The van der Waals surface area contributed by atoms with Crippen LogP contribution in [0.3, 0.4) is 0 Å². The van der Waals surface area contributed by atoms with Crippen molar-refractivity contribution >= 4 is 23.1 Å². The van der Waals surface area contributed by atoms with Crippen LogP contribution in [0.15, 0.2) is 52.3 Å². The first kappa shape index (κ1) is 18.9. The average Bonchev–Trinajstić information content (AvgIpc) is 2.65.